The van der Waals surface area contributed by atoms with Crippen molar-refractivity contribution in [3.05, 3.63) is 28.6 Å². The average molecular weight is 171 g/mol. The van der Waals surface area contributed by atoms with Gasteiger partial charge in [-0.2, -0.15) is 10.5 Å². The quantitative estimate of drug-likeness (QED) is 0.657. The lowest BCUT2D eigenvalue weighted by molar-refractivity contribution is 1.24. The van der Waals surface area contributed by atoms with E-state index in [0.717, 1.165) is 17.0 Å². The number of nitrogens with one attached hydrogen (secondary N) is 1. The molecule has 64 valence electrons. The molecule has 1 heterocycles. The van der Waals surface area contributed by atoms with Crippen LogP contribution >= 0.6 is 0 Å². The Balaban J connectivity index is 3.13. The molecule has 0 spiro atoms. The maximum atomic E-state index is 8.53. The van der Waals surface area contributed by atoms with Gasteiger partial charge in [0.05, 0.1) is 0 Å². The second-order valence-electron chi connectivity index (χ2n) is 2.83. The smallest absolute Gasteiger partial charge is 0.131 e. The van der Waals surface area contributed by atoms with Crippen LogP contribution in [-0.4, -0.2) is 4.98 Å². The minimum Gasteiger partial charge on any atom is -0.359 e. The van der Waals surface area contributed by atoms with E-state index in [1.54, 1.807) is 6.08 Å². The highest BCUT2D eigenvalue weighted by molar-refractivity contribution is 5.62. The molecule has 0 bridgehead atoms. The van der Waals surface area contributed by atoms with E-state index in [1.807, 2.05) is 32.1 Å². The highest BCUT2D eigenvalue weighted by Gasteiger charge is 2.00. The number of allylic oxidation sites excluding steroid dienone is 1. The van der Waals surface area contributed by atoms with Crippen molar-refractivity contribution in [2.24, 2.45) is 0 Å². The van der Waals surface area contributed by atoms with Gasteiger partial charge in [0.15, 0.2) is 0 Å². The minimum absolute atomic E-state index is 0.116. The van der Waals surface area contributed by atoms with Crippen LogP contribution in [-0.2, 0) is 0 Å². The third-order valence-corrected chi connectivity index (χ3v) is 1.72. The van der Waals surface area contributed by atoms with E-state index in [4.69, 9.17) is 10.5 Å². The van der Waals surface area contributed by atoms with E-state index < -0.39 is 0 Å². The molecule has 0 aliphatic carbocycles. The van der Waals surface area contributed by atoms with Gasteiger partial charge in [0.25, 0.3) is 0 Å². The van der Waals surface area contributed by atoms with Crippen LogP contribution in [0.15, 0.2) is 11.6 Å². The second-order valence-corrected chi connectivity index (χ2v) is 2.83. The van der Waals surface area contributed by atoms with Gasteiger partial charge in [-0.15, -0.1) is 0 Å². The third-order valence-electron chi connectivity index (χ3n) is 1.72. The fourth-order valence-corrected chi connectivity index (χ4v) is 1.13. The second kappa shape index (κ2) is 3.60. The molecule has 0 radical (unpaired) electrons. The first-order valence-corrected chi connectivity index (χ1v) is 3.85. The number of hydrogen-bond acceptors (Lipinski definition) is 2. The van der Waals surface area contributed by atoms with Gasteiger partial charge in [-0.1, -0.05) is 0 Å². The zero-order chi connectivity index (χ0) is 9.84. The molecule has 1 aromatic heterocycles. The Kier molecular flexibility index (Phi) is 2.52. The van der Waals surface area contributed by atoms with Crippen molar-refractivity contribution in [2.75, 3.05) is 0 Å². The summed E-state index contributed by atoms with van der Waals surface area (Å²) in [5.41, 5.74) is 3.01. The SMILES string of the molecule is Cc1cc(C)c(C=C(C#N)C#N)[nH]1. The van der Waals surface area contributed by atoms with Crippen LogP contribution in [0.1, 0.15) is 17.0 Å². The Hall–Kier alpha value is -2.00. The molecule has 0 aromatic carbocycles. The topological polar surface area (TPSA) is 63.4 Å². The number of nitriles is 2. The van der Waals surface area contributed by atoms with Gasteiger partial charge in [-0.25, -0.2) is 0 Å². The first-order chi connectivity index (χ1) is 6.17. The van der Waals surface area contributed by atoms with Gasteiger partial charge < -0.3 is 4.98 Å². The molecule has 0 fully saturated rings. The van der Waals surface area contributed by atoms with Crippen LogP contribution in [0.25, 0.3) is 6.08 Å². The Morgan fingerprint density at radius 2 is 2.00 bits per heavy atom. The summed E-state index contributed by atoms with van der Waals surface area (Å²) in [5, 5.41) is 17.1. The van der Waals surface area contributed by atoms with E-state index in [0.29, 0.717) is 0 Å². The first-order valence-electron chi connectivity index (χ1n) is 3.85. The van der Waals surface area contributed by atoms with Crippen LogP contribution in [0.3, 0.4) is 0 Å². The number of aromatic nitrogens is 1. The molecule has 1 rings (SSSR count). The molecule has 0 saturated heterocycles. The fourth-order valence-electron chi connectivity index (χ4n) is 1.13. The van der Waals surface area contributed by atoms with Crippen LogP contribution in [0, 0.1) is 36.5 Å². The van der Waals surface area contributed by atoms with Crippen molar-refractivity contribution in [1.82, 2.24) is 4.98 Å². The molecule has 0 atom stereocenters. The molecule has 0 amide bonds. The maximum Gasteiger partial charge on any atom is 0.131 e. The average Bonchev–Trinajstić information content (AvgIpc) is 2.41. The summed E-state index contributed by atoms with van der Waals surface area (Å²) in [6.45, 7) is 3.87. The number of hydrogen-bond donors (Lipinski definition) is 1. The predicted octanol–water partition coefficient (Wildman–Crippen LogP) is 2.06. The fraction of sp³-hybridized carbons (Fsp3) is 0.200. The van der Waals surface area contributed by atoms with Crippen LogP contribution in [0.2, 0.25) is 0 Å². The summed E-state index contributed by atoms with van der Waals surface area (Å²) in [7, 11) is 0. The molecule has 1 aromatic rings. The van der Waals surface area contributed by atoms with E-state index in [2.05, 4.69) is 4.98 Å². The Morgan fingerprint density at radius 3 is 2.38 bits per heavy atom. The number of nitrogens with zero attached hydrogens (tertiary/aromatic N) is 2. The highest BCUT2D eigenvalue weighted by Crippen LogP contribution is 2.12. The first kappa shape index (κ1) is 9.09. The van der Waals surface area contributed by atoms with Crippen molar-refractivity contribution >= 4 is 6.08 Å². The molecule has 0 aliphatic heterocycles. The van der Waals surface area contributed by atoms with Crippen molar-refractivity contribution < 1.29 is 0 Å². The largest absolute Gasteiger partial charge is 0.359 e. The van der Waals surface area contributed by atoms with E-state index >= 15 is 0 Å². The lowest BCUT2D eigenvalue weighted by Gasteiger charge is -1.88. The van der Waals surface area contributed by atoms with Crippen molar-refractivity contribution in [1.29, 1.82) is 10.5 Å². The molecular weight excluding hydrogens is 162 g/mol. The van der Waals surface area contributed by atoms with Gasteiger partial charge in [0.1, 0.15) is 17.7 Å². The molecule has 0 unspecified atom stereocenters. The number of rotatable bonds is 1. The third kappa shape index (κ3) is 1.98. The normalized spacial score (nSPS) is 8.62. The summed E-state index contributed by atoms with van der Waals surface area (Å²) >= 11 is 0. The standard InChI is InChI=1S/C10H9N3/c1-7-3-8(2)13-10(7)4-9(5-11)6-12/h3-4,13H,1-2H3. The Morgan fingerprint density at radius 1 is 1.38 bits per heavy atom. The van der Waals surface area contributed by atoms with Gasteiger partial charge in [-0.3, -0.25) is 0 Å². The highest BCUT2D eigenvalue weighted by atomic mass is 14.7. The van der Waals surface area contributed by atoms with Gasteiger partial charge >= 0.3 is 0 Å². The zero-order valence-corrected chi connectivity index (χ0v) is 7.55. The molecule has 3 heteroatoms. The zero-order valence-electron chi connectivity index (χ0n) is 7.55. The molecule has 0 aliphatic rings. The van der Waals surface area contributed by atoms with Crippen LogP contribution in [0.4, 0.5) is 0 Å². The van der Waals surface area contributed by atoms with Gasteiger partial charge in [0, 0.05) is 11.4 Å². The Bertz CT molecular complexity index is 408. The number of aryl methyl sites for hydroxylation is 2. The summed E-state index contributed by atoms with van der Waals surface area (Å²) in [6.07, 6.45) is 1.56. The van der Waals surface area contributed by atoms with Crippen molar-refractivity contribution in [3.8, 4) is 12.1 Å². The number of aromatic amines is 1. The van der Waals surface area contributed by atoms with E-state index in [9.17, 15) is 0 Å². The van der Waals surface area contributed by atoms with Crippen LogP contribution < -0.4 is 0 Å². The Labute approximate surface area is 76.9 Å². The van der Waals surface area contributed by atoms with Crippen molar-refractivity contribution in [3.63, 3.8) is 0 Å². The molecule has 13 heavy (non-hydrogen) atoms. The molecule has 3 nitrogen and oxygen atoms in total. The molecule has 1 N–H and O–H groups in total. The lowest BCUT2D eigenvalue weighted by Crippen LogP contribution is -1.78. The minimum atomic E-state index is 0.116. The summed E-state index contributed by atoms with van der Waals surface area (Å²) in [6, 6.07) is 5.60. The number of H-pyrrole nitrogens is 1. The monoisotopic (exact) mass is 171 g/mol. The maximum absolute atomic E-state index is 8.53. The predicted molar refractivity (Wildman–Crippen MR) is 49.5 cm³/mol. The van der Waals surface area contributed by atoms with E-state index in [-0.39, 0.29) is 5.57 Å². The van der Waals surface area contributed by atoms with Crippen molar-refractivity contribution in [2.45, 2.75) is 13.8 Å². The summed E-state index contributed by atoms with van der Waals surface area (Å²) in [5.74, 6) is 0. The molecule has 0 saturated carbocycles. The van der Waals surface area contributed by atoms with Gasteiger partial charge in [-0.05, 0) is 31.6 Å². The summed E-state index contributed by atoms with van der Waals surface area (Å²) in [4.78, 5) is 3.06. The van der Waals surface area contributed by atoms with E-state index in [1.165, 1.54) is 0 Å². The van der Waals surface area contributed by atoms with Crippen LogP contribution in [0.5, 0.6) is 0 Å². The summed E-state index contributed by atoms with van der Waals surface area (Å²) < 4.78 is 0. The lowest BCUT2D eigenvalue weighted by atomic mass is 10.2. The molecular formula is C10H9N3. The van der Waals surface area contributed by atoms with Gasteiger partial charge in [0.2, 0.25) is 0 Å².